The van der Waals surface area contributed by atoms with Gasteiger partial charge in [0.2, 0.25) is 5.91 Å². The van der Waals surface area contributed by atoms with Crippen LogP contribution < -0.4 is 0 Å². The number of nitrogens with zero attached hydrogens (tertiary/aromatic N) is 5. The van der Waals surface area contributed by atoms with Crippen LogP contribution >= 0.6 is 11.8 Å². The number of ether oxygens (including phenoxy) is 1. The van der Waals surface area contributed by atoms with Crippen molar-refractivity contribution in [3.63, 3.8) is 0 Å². The Labute approximate surface area is 168 Å². The number of carbonyl (C=O) groups is 2. The summed E-state index contributed by atoms with van der Waals surface area (Å²) in [7, 11) is 0. The van der Waals surface area contributed by atoms with Crippen LogP contribution in [-0.2, 0) is 20.9 Å². The molecule has 0 bridgehead atoms. The van der Waals surface area contributed by atoms with E-state index >= 15 is 0 Å². The maximum Gasteiger partial charge on any atom is 0.309 e. The number of aromatic nitrogens is 4. The van der Waals surface area contributed by atoms with E-state index in [0.717, 1.165) is 16.5 Å². The van der Waals surface area contributed by atoms with E-state index in [2.05, 4.69) is 15.2 Å². The highest BCUT2D eigenvalue weighted by Crippen LogP contribution is 2.25. The van der Waals surface area contributed by atoms with Crippen molar-refractivity contribution in [3.05, 3.63) is 24.5 Å². The topological polar surface area (TPSA) is 90.2 Å². The molecule has 150 valence electrons. The van der Waals surface area contributed by atoms with Crippen molar-refractivity contribution >= 4 is 23.6 Å². The van der Waals surface area contributed by atoms with Gasteiger partial charge in [0.15, 0.2) is 11.0 Å². The van der Waals surface area contributed by atoms with E-state index in [4.69, 9.17) is 4.74 Å². The average molecular weight is 404 g/mol. The lowest BCUT2D eigenvalue weighted by Crippen LogP contribution is -2.41. The molecule has 1 aliphatic heterocycles. The molecule has 0 saturated carbocycles. The minimum absolute atomic E-state index is 0.0587. The maximum atomic E-state index is 12.6. The molecule has 3 rings (SSSR count). The van der Waals surface area contributed by atoms with Gasteiger partial charge < -0.3 is 14.2 Å². The monoisotopic (exact) mass is 403 g/mol. The SMILES string of the molecule is CCOC(=O)C1CCN(C(=O)CSc2nnc(-c3ccncc3)n2CC)CC1. The van der Waals surface area contributed by atoms with E-state index in [0.29, 0.717) is 44.8 Å². The van der Waals surface area contributed by atoms with Crippen LogP contribution in [0.1, 0.15) is 26.7 Å². The largest absolute Gasteiger partial charge is 0.466 e. The van der Waals surface area contributed by atoms with Crippen LogP contribution in [0.5, 0.6) is 0 Å². The van der Waals surface area contributed by atoms with Crippen LogP contribution in [0.15, 0.2) is 29.7 Å². The second-order valence-electron chi connectivity index (χ2n) is 6.48. The van der Waals surface area contributed by atoms with Gasteiger partial charge in [-0.3, -0.25) is 14.6 Å². The second-order valence-corrected chi connectivity index (χ2v) is 7.42. The van der Waals surface area contributed by atoms with E-state index in [9.17, 15) is 9.59 Å². The van der Waals surface area contributed by atoms with Crippen molar-refractivity contribution in [3.8, 4) is 11.4 Å². The zero-order valence-electron chi connectivity index (χ0n) is 16.2. The van der Waals surface area contributed by atoms with Gasteiger partial charge >= 0.3 is 5.97 Å². The summed E-state index contributed by atoms with van der Waals surface area (Å²) in [5.41, 5.74) is 0.948. The first kappa shape index (κ1) is 20.3. The molecule has 0 radical (unpaired) electrons. The number of rotatable bonds is 7. The summed E-state index contributed by atoms with van der Waals surface area (Å²) in [6, 6.07) is 3.78. The number of hydrogen-bond acceptors (Lipinski definition) is 7. The maximum absolute atomic E-state index is 12.6. The van der Waals surface area contributed by atoms with E-state index in [1.54, 1.807) is 12.4 Å². The molecule has 0 N–H and O–H groups in total. The smallest absolute Gasteiger partial charge is 0.309 e. The van der Waals surface area contributed by atoms with Crippen molar-refractivity contribution in [1.82, 2.24) is 24.6 Å². The van der Waals surface area contributed by atoms with Gasteiger partial charge in [-0.05, 0) is 38.8 Å². The molecule has 1 saturated heterocycles. The van der Waals surface area contributed by atoms with E-state index in [-0.39, 0.29) is 17.8 Å². The van der Waals surface area contributed by atoms with Gasteiger partial charge in [0.1, 0.15) is 0 Å². The van der Waals surface area contributed by atoms with Crippen molar-refractivity contribution < 1.29 is 14.3 Å². The van der Waals surface area contributed by atoms with Gasteiger partial charge in [0.25, 0.3) is 0 Å². The highest BCUT2D eigenvalue weighted by Gasteiger charge is 2.28. The van der Waals surface area contributed by atoms with Crippen molar-refractivity contribution in [2.24, 2.45) is 5.92 Å². The summed E-state index contributed by atoms with van der Waals surface area (Å²) >= 11 is 1.39. The third-order valence-corrected chi connectivity index (χ3v) is 5.72. The average Bonchev–Trinajstić information content (AvgIpc) is 3.16. The summed E-state index contributed by atoms with van der Waals surface area (Å²) in [6.45, 7) is 6.13. The lowest BCUT2D eigenvalue weighted by atomic mass is 9.97. The Morgan fingerprint density at radius 1 is 1.18 bits per heavy atom. The summed E-state index contributed by atoms with van der Waals surface area (Å²) in [6.07, 6.45) is 4.76. The molecule has 0 atom stereocenters. The molecule has 0 aliphatic carbocycles. The summed E-state index contributed by atoms with van der Waals surface area (Å²) in [4.78, 5) is 30.2. The fourth-order valence-corrected chi connectivity index (χ4v) is 4.14. The number of esters is 1. The van der Waals surface area contributed by atoms with Crippen molar-refractivity contribution in [2.75, 3.05) is 25.4 Å². The number of amides is 1. The van der Waals surface area contributed by atoms with Crippen LogP contribution in [0.2, 0.25) is 0 Å². The molecule has 8 nitrogen and oxygen atoms in total. The molecule has 0 spiro atoms. The summed E-state index contributed by atoms with van der Waals surface area (Å²) in [5.74, 6) is 0.892. The predicted octanol–water partition coefficient (Wildman–Crippen LogP) is 2.25. The van der Waals surface area contributed by atoms with Crippen LogP contribution in [-0.4, -0.2) is 62.0 Å². The molecule has 2 aromatic heterocycles. The highest BCUT2D eigenvalue weighted by atomic mass is 32.2. The normalized spacial score (nSPS) is 14.9. The number of likely N-dealkylation sites (tertiary alicyclic amines) is 1. The van der Waals surface area contributed by atoms with Crippen LogP contribution in [0.4, 0.5) is 0 Å². The molecule has 28 heavy (non-hydrogen) atoms. The molecule has 1 amide bonds. The molecular formula is C19H25N5O3S. The van der Waals surface area contributed by atoms with Gasteiger partial charge in [-0.2, -0.15) is 0 Å². The van der Waals surface area contributed by atoms with E-state index < -0.39 is 0 Å². The molecular weight excluding hydrogens is 378 g/mol. The van der Waals surface area contributed by atoms with E-state index in [1.165, 1.54) is 11.8 Å². The first-order chi connectivity index (χ1) is 13.6. The van der Waals surface area contributed by atoms with Crippen LogP contribution in [0.25, 0.3) is 11.4 Å². The molecule has 1 aliphatic rings. The van der Waals surface area contributed by atoms with Crippen molar-refractivity contribution in [1.29, 1.82) is 0 Å². The number of piperidine rings is 1. The summed E-state index contributed by atoms with van der Waals surface area (Å²) < 4.78 is 7.08. The van der Waals surface area contributed by atoms with Crippen LogP contribution in [0.3, 0.4) is 0 Å². The lowest BCUT2D eigenvalue weighted by molar-refractivity contribution is -0.151. The Balaban J connectivity index is 1.56. The number of hydrogen-bond donors (Lipinski definition) is 0. The summed E-state index contributed by atoms with van der Waals surface area (Å²) in [5, 5.41) is 9.27. The van der Waals surface area contributed by atoms with Gasteiger partial charge in [-0.1, -0.05) is 11.8 Å². The quantitative estimate of drug-likeness (QED) is 0.517. The van der Waals surface area contributed by atoms with Crippen molar-refractivity contribution in [2.45, 2.75) is 38.4 Å². The fourth-order valence-electron chi connectivity index (χ4n) is 3.24. The Bertz CT molecular complexity index is 803. The number of carbonyl (C=O) groups excluding carboxylic acids is 2. The molecule has 9 heteroatoms. The zero-order valence-corrected chi connectivity index (χ0v) is 17.0. The third kappa shape index (κ3) is 4.70. The molecule has 0 aromatic carbocycles. The first-order valence-corrected chi connectivity index (χ1v) is 10.5. The lowest BCUT2D eigenvalue weighted by Gasteiger charge is -2.30. The molecule has 3 heterocycles. The Kier molecular flexibility index (Phi) is 7.02. The predicted molar refractivity (Wildman–Crippen MR) is 106 cm³/mol. The Hall–Kier alpha value is -2.42. The fraction of sp³-hybridized carbons (Fsp3) is 0.526. The Morgan fingerprint density at radius 3 is 2.54 bits per heavy atom. The minimum atomic E-state index is -0.149. The second kappa shape index (κ2) is 9.68. The third-order valence-electron chi connectivity index (χ3n) is 4.76. The zero-order chi connectivity index (χ0) is 19.9. The van der Waals surface area contributed by atoms with Gasteiger partial charge in [0.05, 0.1) is 18.3 Å². The van der Waals surface area contributed by atoms with E-state index in [1.807, 2.05) is 35.4 Å². The highest BCUT2D eigenvalue weighted by molar-refractivity contribution is 7.99. The first-order valence-electron chi connectivity index (χ1n) is 9.54. The van der Waals surface area contributed by atoms with Crippen LogP contribution in [0, 0.1) is 5.92 Å². The van der Waals surface area contributed by atoms with Gasteiger partial charge in [-0.25, -0.2) is 0 Å². The number of thioether (sulfide) groups is 1. The Morgan fingerprint density at radius 2 is 1.89 bits per heavy atom. The molecule has 2 aromatic rings. The standard InChI is InChI=1S/C19H25N5O3S/c1-3-24-17(14-5-9-20-10-6-14)21-22-19(24)28-13-16(25)23-11-7-15(8-12-23)18(26)27-4-2/h5-6,9-10,15H,3-4,7-8,11-13H2,1-2H3. The minimum Gasteiger partial charge on any atom is -0.466 e. The molecule has 1 fully saturated rings. The van der Waals surface area contributed by atoms with Gasteiger partial charge in [-0.15, -0.1) is 10.2 Å². The molecule has 0 unspecified atom stereocenters. The van der Waals surface area contributed by atoms with Gasteiger partial charge in [0, 0.05) is 37.6 Å². The number of pyridine rings is 1.